The molecule has 2 aromatic carbocycles. The van der Waals surface area contributed by atoms with Crippen molar-refractivity contribution in [3.05, 3.63) is 77.6 Å². The third-order valence-corrected chi connectivity index (χ3v) is 5.73. The summed E-state index contributed by atoms with van der Waals surface area (Å²) in [5.74, 6) is 1.47. The van der Waals surface area contributed by atoms with Crippen LogP contribution in [0.2, 0.25) is 5.02 Å². The van der Waals surface area contributed by atoms with E-state index < -0.39 is 0 Å². The Morgan fingerprint density at radius 2 is 2.03 bits per heavy atom. The number of nitrogens with one attached hydrogen (secondary N) is 1. The van der Waals surface area contributed by atoms with Crippen LogP contribution >= 0.6 is 23.4 Å². The van der Waals surface area contributed by atoms with Gasteiger partial charge in [-0.3, -0.25) is 9.36 Å². The maximum atomic E-state index is 12.4. The van der Waals surface area contributed by atoms with E-state index in [9.17, 15) is 4.79 Å². The third kappa shape index (κ3) is 5.43. The molecule has 0 fully saturated rings. The molecule has 0 aliphatic heterocycles. The Labute approximate surface area is 185 Å². The van der Waals surface area contributed by atoms with Crippen LogP contribution < -0.4 is 10.1 Å². The van der Waals surface area contributed by atoms with E-state index in [0.717, 1.165) is 11.3 Å². The van der Waals surface area contributed by atoms with Crippen LogP contribution in [0.25, 0.3) is 0 Å². The van der Waals surface area contributed by atoms with Gasteiger partial charge in [-0.2, -0.15) is 0 Å². The van der Waals surface area contributed by atoms with E-state index in [0.29, 0.717) is 28.2 Å². The number of anilines is 1. The van der Waals surface area contributed by atoms with E-state index in [4.69, 9.17) is 16.3 Å². The smallest absolute Gasteiger partial charge is 0.234 e. The predicted octanol–water partition coefficient (Wildman–Crippen LogP) is 5.30. The number of halogens is 1. The number of carbonyl (C=O) groups excluding carboxylic acids is 1. The Bertz CT molecular complexity index is 1020. The van der Waals surface area contributed by atoms with E-state index in [2.05, 4.69) is 22.1 Å². The number of hydrogen-bond donors (Lipinski definition) is 1. The maximum Gasteiger partial charge on any atom is 0.234 e. The normalized spacial score (nSPS) is 11.7. The number of para-hydroxylation sites is 1. The minimum Gasteiger partial charge on any atom is -0.483 e. The molecular formula is C22H23ClN4O2S. The molecule has 1 atom stereocenters. The average Bonchev–Trinajstić information content (AvgIpc) is 3.14. The molecule has 0 aliphatic carbocycles. The second-order valence-electron chi connectivity index (χ2n) is 6.56. The van der Waals surface area contributed by atoms with Crippen molar-refractivity contribution < 1.29 is 9.53 Å². The molecule has 1 heterocycles. The van der Waals surface area contributed by atoms with Crippen molar-refractivity contribution in [3.63, 3.8) is 0 Å². The molecule has 156 valence electrons. The highest BCUT2D eigenvalue weighted by Gasteiger charge is 2.20. The zero-order valence-electron chi connectivity index (χ0n) is 16.8. The lowest BCUT2D eigenvalue weighted by Gasteiger charge is -2.15. The van der Waals surface area contributed by atoms with Gasteiger partial charge in [-0.1, -0.05) is 53.7 Å². The Hall–Kier alpha value is -2.77. The fourth-order valence-corrected chi connectivity index (χ4v) is 3.75. The van der Waals surface area contributed by atoms with E-state index in [1.165, 1.54) is 11.8 Å². The fourth-order valence-electron chi connectivity index (χ4n) is 2.82. The Morgan fingerprint density at radius 3 is 2.77 bits per heavy atom. The van der Waals surface area contributed by atoms with E-state index in [-0.39, 0.29) is 17.8 Å². The molecule has 0 saturated carbocycles. The summed E-state index contributed by atoms with van der Waals surface area (Å²) in [7, 11) is 0. The number of benzene rings is 2. The molecule has 0 aliphatic rings. The molecule has 3 rings (SSSR count). The van der Waals surface area contributed by atoms with Crippen molar-refractivity contribution in [1.82, 2.24) is 14.8 Å². The van der Waals surface area contributed by atoms with E-state index >= 15 is 0 Å². The summed E-state index contributed by atoms with van der Waals surface area (Å²) in [5, 5.41) is 12.7. The molecule has 1 amide bonds. The van der Waals surface area contributed by atoms with Gasteiger partial charge in [0.05, 0.1) is 5.75 Å². The number of allylic oxidation sites excluding steroid dienone is 1. The number of ether oxygens (including phenoxy) is 1. The van der Waals surface area contributed by atoms with E-state index in [1.54, 1.807) is 18.2 Å². The van der Waals surface area contributed by atoms with Crippen LogP contribution in [-0.2, 0) is 11.3 Å². The predicted molar refractivity (Wildman–Crippen MR) is 121 cm³/mol. The first-order valence-corrected chi connectivity index (χ1v) is 10.8. The van der Waals surface area contributed by atoms with Crippen molar-refractivity contribution in [3.8, 4) is 5.75 Å². The number of aromatic nitrogens is 3. The van der Waals surface area contributed by atoms with Crippen LogP contribution in [0.4, 0.5) is 5.69 Å². The van der Waals surface area contributed by atoms with Crippen LogP contribution in [-0.4, -0.2) is 26.4 Å². The number of amides is 1. The Morgan fingerprint density at radius 1 is 1.27 bits per heavy atom. The number of hydrogen-bond acceptors (Lipinski definition) is 5. The molecule has 6 nitrogen and oxygen atoms in total. The van der Waals surface area contributed by atoms with Gasteiger partial charge in [-0.15, -0.1) is 16.8 Å². The number of rotatable bonds is 9. The van der Waals surface area contributed by atoms with Crippen LogP contribution in [0.5, 0.6) is 5.75 Å². The van der Waals surface area contributed by atoms with Crippen molar-refractivity contribution >= 4 is 35.0 Å². The second-order valence-corrected chi connectivity index (χ2v) is 7.91. The Balaban J connectivity index is 1.67. The van der Waals surface area contributed by atoms with Gasteiger partial charge in [0.25, 0.3) is 0 Å². The zero-order valence-corrected chi connectivity index (χ0v) is 18.4. The quantitative estimate of drug-likeness (QED) is 0.360. The largest absolute Gasteiger partial charge is 0.483 e. The second kappa shape index (κ2) is 10.3. The van der Waals surface area contributed by atoms with Crippen molar-refractivity contribution in [2.75, 3.05) is 11.1 Å². The topological polar surface area (TPSA) is 69.0 Å². The van der Waals surface area contributed by atoms with Crippen LogP contribution in [0.3, 0.4) is 0 Å². The summed E-state index contributed by atoms with van der Waals surface area (Å²) in [6, 6.07) is 15.0. The number of nitrogens with zero attached hydrogens (tertiary/aromatic N) is 3. The highest BCUT2D eigenvalue weighted by atomic mass is 35.5. The van der Waals surface area contributed by atoms with E-state index in [1.807, 2.05) is 54.8 Å². The maximum absolute atomic E-state index is 12.4. The summed E-state index contributed by atoms with van der Waals surface area (Å²) in [6.45, 7) is 8.11. The lowest BCUT2D eigenvalue weighted by molar-refractivity contribution is -0.113. The zero-order chi connectivity index (χ0) is 21.5. The van der Waals surface area contributed by atoms with Crippen LogP contribution in [0, 0.1) is 6.92 Å². The number of carbonyl (C=O) groups is 1. The molecule has 0 radical (unpaired) electrons. The highest BCUT2D eigenvalue weighted by Crippen LogP contribution is 2.26. The Kier molecular flexibility index (Phi) is 7.54. The summed E-state index contributed by atoms with van der Waals surface area (Å²) in [6.07, 6.45) is 1.46. The molecule has 1 N–H and O–H groups in total. The van der Waals surface area contributed by atoms with Gasteiger partial charge in [-0.25, -0.2) is 0 Å². The summed E-state index contributed by atoms with van der Waals surface area (Å²) >= 11 is 7.43. The van der Waals surface area contributed by atoms with Crippen molar-refractivity contribution in [1.29, 1.82) is 0 Å². The first-order chi connectivity index (χ1) is 14.5. The van der Waals surface area contributed by atoms with Crippen molar-refractivity contribution in [2.24, 2.45) is 0 Å². The van der Waals surface area contributed by atoms with Gasteiger partial charge in [0, 0.05) is 17.3 Å². The average molecular weight is 443 g/mol. The lowest BCUT2D eigenvalue weighted by atomic mass is 10.2. The molecule has 3 aromatic rings. The number of thioether (sulfide) groups is 1. The minimum atomic E-state index is -0.308. The molecule has 0 unspecified atom stereocenters. The molecule has 0 saturated heterocycles. The first kappa shape index (κ1) is 21.9. The molecule has 8 heteroatoms. The molecular weight excluding hydrogens is 420 g/mol. The highest BCUT2D eigenvalue weighted by molar-refractivity contribution is 7.99. The molecule has 0 bridgehead atoms. The van der Waals surface area contributed by atoms with Gasteiger partial charge in [0.2, 0.25) is 5.91 Å². The van der Waals surface area contributed by atoms with Gasteiger partial charge >= 0.3 is 0 Å². The lowest BCUT2D eigenvalue weighted by Crippen LogP contribution is -2.16. The monoisotopic (exact) mass is 442 g/mol. The van der Waals surface area contributed by atoms with Crippen molar-refractivity contribution in [2.45, 2.75) is 31.7 Å². The first-order valence-electron chi connectivity index (χ1n) is 9.43. The standard InChI is InChI=1S/C22H23ClN4O2S/c1-4-13-27-21(16(3)29-17-9-6-5-7-10-17)25-26-22(27)30-14-20(28)24-19-12-8-11-18(23)15(19)2/h4-12,16H,1,13-14H2,2-3H3,(H,24,28)/t16-/m1/s1. The SMILES string of the molecule is C=CCn1c(SCC(=O)Nc2cccc(Cl)c2C)nnc1[C@@H](C)Oc1ccccc1. The fraction of sp³-hybridized carbons (Fsp3) is 0.227. The van der Waals surface area contributed by atoms with Crippen LogP contribution in [0.15, 0.2) is 66.3 Å². The van der Waals surface area contributed by atoms with Gasteiger partial charge in [-0.05, 0) is 43.7 Å². The van der Waals surface area contributed by atoms with Gasteiger partial charge in [0.1, 0.15) is 5.75 Å². The van der Waals surface area contributed by atoms with Gasteiger partial charge < -0.3 is 10.1 Å². The minimum absolute atomic E-state index is 0.145. The van der Waals surface area contributed by atoms with Gasteiger partial charge in [0.15, 0.2) is 17.1 Å². The molecule has 0 spiro atoms. The van der Waals surface area contributed by atoms with Crippen LogP contribution in [0.1, 0.15) is 24.4 Å². The summed E-state index contributed by atoms with van der Waals surface area (Å²) in [4.78, 5) is 12.4. The summed E-state index contributed by atoms with van der Waals surface area (Å²) in [5.41, 5.74) is 1.53. The summed E-state index contributed by atoms with van der Waals surface area (Å²) < 4.78 is 7.88. The molecule has 1 aromatic heterocycles. The molecule has 30 heavy (non-hydrogen) atoms. The third-order valence-electron chi connectivity index (χ3n) is 4.35.